The number of piperazine rings is 1. The first-order valence-corrected chi connectivity index (χ1v) is 7.90. The zero-order valence-corrected chi connectivity index (χ0v) is 12.8. The van der Waals surface area contributed by atoms with E-state index in [0.717, 1.165) is 30.4 Å². The van der Waals surface area contributed by atoms with Gasteiger partial charge in [0.05, 0.1) is 10.7 Å². The number of piperidine rings is 1. The number of halogens is 1. The summed E-state index contributed by atoms with van der Waals surface area (Å²) in [5.41, 5.74) is 6.68. The van der Waals surface area contributed by atoms with Crippen LogP contribution in [-0.4, -0.2) is 46.5 Å². The van der Waals surface area contributed by atoms with Crippen molar-refractivity contribution in [2.24, 2.45) is 0 Å². The van der Waals surface area contributed by atoms with Crippen molar-refractivity contribution in [3.8, 4) is 0 Å². The van der Waals surface area contributed by atoms with Crippen molar-refractivity contribution in [3.05, 3.63) is 22.8 Å². The van der Waals surface area contributed by atoms with E-state index in [1.807, 2.05) is 6.07 Å². The molecule has 2 unspecified atom stereocenters. The van der Waals surface area contributed by atoms with Gasteiger partial charge in [0.15, 0.2) is 0 Å². The van der Waals surface area contributed by atoms with Crippen molar-refractivity contribution in [1.82, 2.24) is 14.8 Å². The minimum absolute atomic E-state index is 0.545. The Balaban J connectivity index is 1.71. The topological polar surface area (TPSA) is 45.4 Å². The molecule has 2 atom stereocenters. The molecular weight excluding hydrogens is 272 g/mol. The van der Waals surface area contributed by atoms with Crippen LogP contribution in [0.2, 0.25) is 5.02 Å². The minimum atomic E-state index is 0.545. The van der Waals surface area contributed by atoms with Gasteiger partial charge in [-0.05, 0) is 38.4 Å². The summed E-state index contributed by atoms with van der Waals surface area (Å²) in [6.07, 6.45) is 4.04. The Bertz CT molecular complexity index is 479. The van der Waals surface area contributed by atoms with Gasteiger partial charge in [0.2, 0.25) is 0 Å². The van der Waals surface area contributed by atoms with Crippen LogP contribution in [0.4, 0.5) is 5.82 Å². The first kappa shape index (κ1) is 14.1. The third-order valence-electron chi connectivity index (χ3n) is 4.61. The number of hydrogen-bond donors (Lipinski definition) is 1. The molecule has 0 saturated carbocycles. The molecule has 2 fully saturated rings. The van der Waals surface area contributed by atoms with E-state index in [1.54, 1.807) is 6.07 Å². The van der Waals surface area contributed by atoms with E-state index in [4.69, 9.17) is 17.3 Å². The molecule has 0 spiro atoms. The fraction of sp³-hybridized carbons (Fsp3) is 0.667. The van der Waals surface area contributed by atoms with Crippen LogP contribution >= 0.6 is 11.6 Å². The molecule has 2 aliphatic rings. The first-order chi connectivity index (χ1) is 9.63. The third kappa shape index (κ3) is 2.92. The molecule has 3 rings (SSSR count). The lowest BCUT2D eigenvalue weighted by Crippen LogP contribution is -2.58. The summed E-state index contributed by atoms with van der Waals surface area (Å²) >= 11 is 6.25. The van der Waals surface area contributed by atoms with E-state index in [2.05, 4.69) is 21.7 Å². The van der Waals surface area contributed by atoms with Crippen LogP contribution in [0.3, 0.4) is 0 Å². The average molecular weight is 295 g/mol. The highest BCUT2D eigenvalue weighted by Gasteiger charge is 2.33. The monoisotopic (exact) mass is 294 g/mol. The van der Waals surface area contributed by atoms with Crippen LogP contribution in [0.1, 0.15) is 31.9 Å². The Labute approximate surface area is 125 Å². The number of hydrogen-bond acceptors (Lipinski definition) is 4. The van der Waals surface area contributed by atoms with Gasteiger partial charge in [0.1, 0.15) is 5.82 Å². The molecular formula is C15H23ClN4. The van der Waals surface area contributed by atoms with Crippen LogP contribution in [-0.2, 0) is 6.54 Å². The van der Waals surface area contributed by atoms with E-state index in [-0.39, 0.29) is 0 Å². The SMILES string of the molecule is CC1CN2CCCCC2CN1Cc1nc(N)ccc1Cl. The largest absolute Gasteiger partial charge is 0.384 e. The van der Waals surface area contributed by atoms with Gasteiger partial charge in [-0.2, -0.15) is 0 Å². The number of aromatic nitrogens is 1. The molecule has 0 aliphatic carbocycles. The van der Waals surface area contributed by atoms with Gasteiger partial charge >= 0.3 is 0 Å². The summed E-state index contributed by atoms with van der Waals surface area (Å²) in [5, 5.41) is 0.720. The van der Waals surface area contributed by atoms with Crippen LogP contribution in [0.5, 0.6) is 0 Å². The lowest BCUT2D eigenvalue weighted by atomic mass is 9.97. The fourth-order valence-corrected chi connectivity index (χ4v) is 3.60. The van der Waals surface area contributed by atoms with Gasteiger partial charge in [-0.15, -0.1) is 0 Å². The normalized spacial score (nSPS) is 28.3. The zero-order valence-electron chi connectivity index (χ0n) is 12.1. The number of nitrogen functional groups attached to an aromatic ring is 1. The van der Waals surface area contributed by atoms with Crippen LogP contribution in [0, 0.1) is 0 Å². The van der Waals surface area contributed by atoms with E-state index < -0.39 is 0 Å². The molecule has 0 amide bonds. The molecule has 0 aromatic carbocycles. The molecule has 2 saturated heterocycles. The molecule has 2 N–H and O–H groups in total. The van der Waals surface area contributed by atoms with E-state index in [0.29, 0.717) is 17.9 Å². The number of rotatable bonds is 2. The van der Waals surface area contributed by atoms with Crippen molar-refractivity contribution in [2.75, 3.05) is 25.4 Å². The van der Waals surface area contributed by atoms with Gasteiger partial charge < -0.3 is 5.73 Å². The smallest absolute Gasteiger partial charge is 0.123 e. The molecule has 1 aromatic heterocycles. The third-order valence-corrected chi connectivity index (χ3v) is 4.95. The van der Waals surface area contributed by atoms with Gasteiger partial charge in [0, 0.05) is 31.7 Å². The second-order valence-electron chi connectivity index (χ2n) is 6.09. The molecule has 0 radical (unpaired) electrons. The molecule has 4 nitrogen and oxygen atoms in total. The number of pyridine rings is 1. The maximum Gasteiger partial charge on any atom is 0.123 e. The van der Waals surface area contributed by atoms with Crippen molar-refractivity contribution < 1.29 is 0 Å². The van der Waals surface area contributed by atoms with Crippen molar-refractivity contribution in [1.29, 1.82) is 0 Å². The average Bonchev–Trinajstić information content (AvgIpc) is 2.43. The fourth-order valence-electron chi connectivity index (χ4n) is 3.44. The maximum absolute atomic E-state index is 6.25. The Kier molecular flexibility index (Phi) is 4.15. The Morgan fingerprint density at radius 1 is 1.35 bits per heavy atom. The molecule has 1 aromatic rings. The van der Waals surface area contributed by atoms with Crippen molar-refractivity contribution in [2.45, 2.75) is 44.8 Å². The Morgan fingerprint density at radius 2 is 2.20 bits per heavy atom. The van der Waals surface area contributed by atoms with E-state index in [1.165, 1.54) is 25.8 Å². The van der Waals surface area contributed by atoms with Crippen LogP contribution in [0.15, 0.2) is 12.1 Å². The highest BCUT2D eigenvalue weighted by atomic mass is 35.5. The quantitative estimate of drug-likeness (QED) is 0.910. The zero-order chi connectivity index (χ0) is 14.1. The molecule has 110 valence electrons. The van der Waals surface area contributed by atoms with Gasteiger partial charge in [0.25, 0.3) is 0 Å². The lowest BCUT2D eigenvalue weighted by Gasteiger charge is -2.47. The summed E-state index contributed by atoms with van der Waals surface area (Å²) in [5.74, 6) is 0.549. The predicted molar refractivity (Wildman–Crippen MR) is 82.7 cm³/mol. The summed E-state index contributed by atoms with van der Waals surface area (Å²) in [4.78, 5) is 9.55. The van der Waals surface area contributed by atoms with Crippen LogP contribution < -0.4 is 5.73 Å². The van der Waals surface area contributed by atoms with E-state index in [9.17, 15) is 0 Å². The lowest BCUT2D eigenvalue weighted by molar-refractivity contribution is 0.0105. The molecule has 5 heteroatoms. The van der Waals surface area contributed by atoms with Crippen LogP contribution in [0.25, 0.3) is 0 Å². The van der Waals surface area contributed by atoms with Gasteiger partial charge in [-0.25, -0.2) is 4.98 Å². The van der Waals surface area contributed by atoms with E-state index >= 15 is 0 Å². The predicted octanol–water partition coefficient (Wildman–Crippen LogP) is 2.38. The Hall–Kier alpha value is -0.840. The number of anilines is 1. The highest BCUT2D eigenvalue weighted by molar-refractivity contribution is 6.31. The first-order valence-electron chi connectivity index (χ1n) is 7.52. The summed E-state index contributed by atoms with van der Waals surface area (Å²) in [6.45, 7) is 6.64. The summed E-state index contributed by atoms with van der Waals surface area (Å²) in [7, 11) is 0. The summed E-state index contributed by atoms with van der Waals surface area (Å²) in [6, 6.07) is 4.86. The highest BCUT2D eigenvalue weighted by Crippen LogP contribution is 2.26. The van der Waals surface area contributed by atoms with Crippen molar-refractivity contribution >= 4 is 17.4 Å². The molecule has 2 aliphatic heterocycles. The molecule has 20 heavy (non-hydrogen) atoms. The van der Waals surface area contributed by atoms with Gasteiger partial charge in [-0.1, -0.05) is 18.0 Å². The molecule has 3 heterocycles. The number of nitrogens with zero attached hydrogens (tertiary/aromatic N) is 3. The number of nitrogens with two attached hydrogens (primary N) is 1. The summed E-state index contributed by atoms with van der Waals surface area (Å²) < 4.78 is 0. The second kappa shape index (κ2) is 5.88. The second-order valence-corrected chi connectivity index (χ2v) is 6.49. The Morgan fingerprint density at radius 3 is 3.05 bits per heavy atom. The van der Waals surface area contributed by atoms with Crippen molar-refractivity contribution in [3.63, 3.8) is 0 Å². The standard InChI is InChI=1S/C15H23ClN4/c1-11-8-19-7-3-2-4-12(19)9-20(11)10-14-13(16)5-6-15(17)18-14/h5-6,11-12H,2-4,7-10H2,1H3,(H2,17,18). The number of fused-ring (bicyclic) bond motifs is 1. The molecule has 0 bridgehead atoms. The van der Waals surface area contributed by atoms with Gasteiger partial charge in [-0.3, -0.25) is 9.80 Å². The minimum Gasteiger partial charge on any atom is -0.384 e. The maximum atomic E-state index is 6.25.